The van der Waals surface area contributed by atoms with Gasteiger partial charge in [0.15, 0.2) is 11.3 Å². The SMILES string of the molecule is COc1ccc(Cl)c(-n2c(=O)n(CC3CCC(NC(=O)c4cc(Cl)cnc4C(F)(F)F)CC3)c3ncccc32)c1. The van der Waals surface area contributed by atoms with Crippen LogP contribution in [0.5, 0.6) is 5.75 Å². The molecule has 0 atom stereocenters. The van der Waals surface area contributed by atoms with Crippen molar-refractivity contribution < 1.29 is 22.7 Å². The van der Waals surface area contributed by atoms with Gasteiger partial charge in [-0.2, -0.15) is 13.2 Å². The summed E-state index contributed by atoms with van der Waals surface area (Å²) in [4.78, 5) is 34.1. The summed E-state index contributed by atoms with van der Waals surface area (Å²) in [6.45, 7) is 0.387. The van der Waals surface area contributed by atoms with Crippen LogP contribution in [0.25, 0.3) is 16.9 Å². The molecule has 1 amide bonds. The van der Waals surface area contributed by atoms with Crippen molar-refractivity contribution >= 4 is 40.3 Å². The number of pyridine rings is 2. The number of fused-ring (bicyclic) bond motifs is 1. The number of imidazole rings is 1. The molecule has 3 heterocycles. The van der Waals surface area contributed by atoms with E-state index < -0.39 is 23.3 Å². The average molecular weight is 594 g/mol. The summed E-state index contributed by atoms with van der Waals surface area (Å²) in [5.41, 5.74) is -0.601. The number of hydrogen-bond acceptors (Lipinski definition) is 5. The second kappa shape index (κ2) is 11.1. The number of ether oxygens (including phenoxy) is 1. The van der Waals surface area contributed by atoms with E-state index >= 15 is 0 Å². The molecule has 0 spiro atoms. The number of benzene rings is 1. The molecule has 0 aliphatic heterocycles. The Labute approximate surface area is 236 Å². The van der Waals surface area contributed by atoms with Crippen molar-refractivity contribution in [3.8, 4) is 11.4 Å². The van der Waals surface area contributed by atoms with E-state index in [1.807, 2.05) is 0 Å². The van der Waals surface area contributed by atoms with E-state index in [-0.39, 0.29) is 22.7 Å². The lowest BCUT2D eigenvalue weighted by Gasteiger charge is -2.29. The summed E-state index contributed by atoms with van der Waals surface area (Å²) in [6, 6.07) is 9.24. The molecule has 210 valence electrons. The molecule has 40 heavy (non-hydrogen) atoms. The number of rotatable bonds is 6. The van der Waals surface area contributed by atoms with Crippen molar-refractivity contribution in [1.82, 2.24) is 24.4 Å². The number of carbonyl (C=O) groups is 1. The lowest BCUT2D eigenvalue weighted by molar-refractivity contribution is -0.141. The number of aromatic nitrogens is 4. The maximum atomic E-state index is 13.6. The summed E-state index contributed by atoms with van der Waals surface area (Å²) < 4.78 is 48.5. The monoisotopic (exact) mass is 593 g/mol. The fourth-order valence-corrected chi connectivity index (χ4v) is 5.48. The molecule has 8 nitrogen and oxygen atoms in total. The number of nitrogens with one attached hydrogen (secondary N) is 1. The van der Waals surface area contributed by atoms with Crippen LogP contribution in [0.4, 0.5) is 13.2 Å². The molecule has 0 radical (unpaired) electrons. The second-order valence-electron chi connectivity index (χ2n) is 9.63. The lowest BCUT2D eigenvalue weighted by Crippen LogP contribution is -2.39. The zero-order valence-corrected chi connectivity index (χ0v) is 22.7. The highest BCUT2D eigenvalue weighted by Gasteiger charge is 2.38. The van der Waals surface area contributed by atoms with Gasteiger partial charge >= 0.3 is 11.9 Å². The van der Waals surface area contributed by atoms with Crippen LogP contribution in [0.2, 0.25) is 10.0 Å². The van der Waals surface area contributed by atoms with Crippen LogP contribution in [0, 0.1) is 5.92 Å². The van der Waals surface area contributed by atoms with Gasteiger partial charge in [-0.15, -0.1) is 0 Å². The van der Waals surface area contributed by atoms with Gasteiger partial charge in [0.2, 0.25) is 0 Å². The minimum Gasteiger partial charge on any atom is -0.497 e. The minimum atomic E-state index is -4.79. The zero-order chi connectivity index (χ0) is 28.6. The molecule has 5 rings (SSSR count). The van der Waals surface area contributed by atoms with E-state index in [0.29, 0.717) is 59.9 Å². The predicted molar refractivity (Wildman–Crippen MR) is 144 cm³/mol. The van der Waals surface area contributed by atoms with E-state index in [1.54, 1.807) is 41.1 Å². The first kappa shape index (κ1) is 28.0. The number of alkyl halides is 3. The summed E-state index contributed by atoms with van der Waals surface area (Å²) in [5, 5.41) is 3.01. The Morgan fingerprint density at radius 1 is 1.12 bits per heavy atom. The Kier molecular flexibility index (Phi) is 7.78. The van der Waals surface area contributed by atoms with Crippen molar-refractivity contribution in [1.29, 1.82) is 0 Å². The van der Waals surface area contributed by atoms with Crippen molar-refractivity contribution in [2.24, 2.45) is 5.92 Å². The fraction of sp³-hybridized carbons (Fsp3) is 0.333. The molecule has 1 saturated carbocycles. The van der Waals surface area contributed by atoms with E-state index in [2.05, 4.69) is 15.3 Å². The number of halogens is 5. The number of methoxy groups -OCH3 is 1. The standard InChI is InChI=1S/C27H24Cl2F3N5O3/c1-40-18-8-9-20(29)22(12-18)37-21-3-2-10-33-24(21)36(26(37)39)14-15-4-6-17(7-5-15)35-25(38)19-11-16(28)13-34-23(19)27(30,31)32/h2-3,8-13,15,17H,4-7,14H2,1H3,(H,35,38). The molecule has 1 fully saturated rings. The summed E-state index contributed by atoms with van der Waals surface area (Å²) >= 11 is 12.3. The van der Waals surface area contributed by atoms with Crippen molar-refractivity contribution in [3.05, 3.63) is 80.6 Å². The molecule has 1 aliphatic rings. The van der Waals surface area contributed by atoms with Gasteiger partial charge in [-0.3, -0.25) is 13.9 Å². The molecule has 1 aromatic carbocycles. The van der Waals surface area contributed by atoms with E-state index in [9.17, 15) is 22.8 Å². The van der Waals surface area contributed by atoms with E-state index in [4.69, 9.17) is 27.9 Å². The Bertz CT molecular complexity index is 1630. The highest BCUT2D eigenvalue weighted by Crippen LogP contribution is 2.33. The maximum Gasteiger partial charge on any atom is 0.434 e. The van der Waals surface area contributed by atoms with Crippen LogP contribution in [0.15, 0.2) is 53.6 Å². The highest BCUT2D eigenvalue weighted by atomic mass is 35.5. The first-order valence-corrected chi connectivity index (χ1v) is 13.3. The van der Waals surface area contributed by atoms with E-state index in [1.165, 1.54) is 11.7 Å². The average Bonchev–Trinajstić information content (AvgIpc) is 3.20. The van der Waals surface area contributed by atoms with Gasteiger partial charge in [-0.05, 0) is 61.9 Å². The van der Waals surface area contributed by atoms with Gasteiger partial charge in [0.25, 0.3) is 5.91 Å². The largest absolute Gasteiger partial charge is 0.497 e. The molecule has 1 N–H and O–H groups in total. The first-order chi connectivity index (χ1) is 19.1. The smallest absolute Gasteiger partial charge is 0.434 e. The molecule has 13 heteroatoms. The molecular weight excluding hydrogens is 570 g/mol. The Hall–Kier alpha value is -3.57. The summed E-state index contributed by atoms with van der Waals surface area (Å²) in [7, 11) is 1.53. The van der Waals surface area contributed by atoms with Gasteiger partial charge in [0, 0.05) is 31.0 Å². The van der Waals surface area contributed by atoms with Crippen LogP contribution in [-0.2, 0) is 12.7 Å². The molecule has 0 bridgehead atoms. The Morgan fingerprint density at radius 2 is 1.88 bits per heavy atom. The third-order valence-corrected chi connectivity index (χ3v) is 7.60. The van der Waals surface area contributed by atoms with Gasteiger partial charge < -0.3 is 10.1 Å². The number of carbonyl (C=O) groups excluding carboxylic acids is 1. The fourth-order valence-electron chi connectivity index (χ4n) is 5.12. The van der Waals surface area contributed by atoms with Gasteiger partial charge in [0.05, 0.1) is 33.9 Å². The Morgan fingerprint density at radius 3 is 2.58 bits per heavy atom. The van der Waals surface area contributed by atoms with Crippen molar-refractivity contribution in [2.45, 2.75) is 44.4 Å². The number of amides is 1. The van der Waals surface area contributed by atoms with Crippen LogP contribution < -0.4 is 15.7 Å². The van der Waals surface area contributed by atoms with Crippen molar-refractivity contribution in [3.63, 3.8) is 0 Å². The van der Waals surface area contributed by atoms with Crippen molar-refractivity contribution in [2.75, 3.05) is 7.11 Å². The minimum absolute atomic E-state index is 0.0599. The van der Waals surface area contributed by atoms with Crippen LogP contribution >= 0.6 is 23.2 Å². The van der Waals surface area contributed by atoms with Gasteiger partial charge in [-0.1, -0.05) is 23.2 Å². The zero-order valence-electron chi connectivity index (χ0n) is 21.2. The van der Waals surface area contributed by atoms with Gasteiger partial charge in [-0.25, -0.2) is 14.8 Å². The third kappa shape index (κ3) is 5.53. The molecule has 0 saturated heterocycles. The molecular formula is C27H24Cl2F3N5O3. The predicted octanol–water partition coefficient (Wildman–Crippen LogP) is 5.91. The summed E-state index contributed by atoms with van der Waals surface area (Å²) in [5.74, 6) is -0.233. The molecule has 4 aromatic rings. The van der Waals surface area contributed by atoms with Crippen LogP contribution in [0.3, 0.4) is 0 Å². The Balaban J connectivity index is 1.33. The summed E-state index contributed by atoms with van der Waals surface area (Å²) in [6.07, 6.45) is 0.0606. The van der Waals surface area contributed by atoms with Crippen LogP contribution in [-0.4, -0.2) is 38.2 Å². The van der Waals surface area contributed by atoms with Gasteiger partial charge in [0.1, 0.15) is 5.75 Å². The first-order valence-electron chi connectivity index (χ1n) is 12.5. The quantitative estimate of drug-likeness (QED) is 0.300. The highest BCUT2D eigenvalue weighted by molar-refractivity contribution is 6.32. The van der Waals surface area contributed by atoms with Crippen LogP contribution in [0.1, 0.15) is 41.7 Å². The topological polar surface area (TPSA) is 91.0 Å². The number of nitrogens with zero attached hydrogens (tertiary/aromatic N) is 4. The van der Waals surface area contributed by atoms with E-state index in [0.717, 1.165) is 12.3 Å². The second-order valence-corrected chi connectivity index (χ2v) is 10.5. The number of hydrogen-bond donors (Lipinski definition) is 1. The lowest BCUT2D eigenvalue weighted by atomic mass is 9.85. The molecule has 1 aliphatic carbocycles. The molecule has 0 unspecified atom stereocenters. The maximum absolute atomic E-state index is 13.6. The third-order valence-electron chi connectivity index (χ3n) is 7.07. The molecule has 3 aromatic heterocycles. The normalized spacial score (nSPS) is 17.6.